The average molecular weight is 253 g/mol. The molecular formula is C15H27NO2. The molecule has 0 bridgehead atoms. The number of hydrogen-bond acceptors (Lipinski definition) is 2. The molecular weight excluding hydrogens is 226 g/mol. The van der Waals surface area contributed by atoms with Crippen molar-refractivity contribution in [2.45, 2.75) is 64.4 Å². The van der Waals surface area contributed by atoms with Crippen LogP contribution in [-0.2, 0) is 4.74 Å². The lowest BCUT2D eigenvalue weighted by atomic mass is 9.85. The van der Waals surface area contributed by atoms with Crippen molar-refractivity contribution >= 4 is 6.09 Å². The maximum Gasteiger partial charge on any atom is 0.410 e. The summed E-state index contributed by atoms with van der Waals surface area (Å²) in [4.78, 5) is 13.8. The van der Waals surface area contributed by atoms with Crippen LogP contribution in [0.3, 0.4) is 0 Å². The van der Waals surface area contributed by atoms with Crippen molar-refractivity contribution in [1.82, 2.24) is 4.90 Å². The topological polar surface area (TPSA) is 29.5 Å². The minimum atomic E-state index is -0.249. The molecule has 1 rings (SSSR count). The van der Waals surface area contributed by atoms with E-state index in [1.165, 1.54) is 0 Å². The predicted molar refractivity (Wildman–Crippen MR) is 74.6 cm³/mol. The van der Waals surface area contributed by atoms with Gasteiger partial charge in [0.1, 0.15) is 5.60 Å². The van der Waals surface area contributed by atoms with Gasteiger partial charge in [0, 0.05) is 20.0 Å². The zero-order chi connectivity index (χ0) is 13.4. The van der Waals surface area contributed by atoms with Gasteiger partial charge >= 0.3 is 6.09 Å². The second-order valence-corrected chi connectivity index (χ2v) is 5.29. The predicted octanol–water partition coefficient (Wildman–Crippen LogP) is 4.13. The zero-order valence-corrected chi connectivity index (χ0v) is 12.1. The third-order valence-electron chi connectivity index (χ3n) is 3.59. The van der Waals surface area contributed by atoms with Crippen molar-refractivity contribution in [2.24, 2.45) is 0 Å². The fraction of sp³-hybridized carbons (Fsp3) is 0.800. The Morgan fingerprint density at radius 2 is 2.11 bits per heavy atom. The molecule has 0 aromatic carbocycles. The van der Waals surface area contributed by atoms with Crippen molar-refractivity contribution in [3.63, 3.8) is 0 Å². The molecule has 1 unspecified atom stereocenters. The summed E-state index contributed by atoms with van der Waals surface area (Å²) in [5.41, 5.74) is -0.249. The van der Waals surface area contributed by atoms with Gasteiger partial charge in [0.05, 0.1) is 0 Å². The first-order valence-corrected chi connectivity index (χ1v) is 7.22. The maximum absolute atomic E-state index is 12.1. The molecule has 0 aliphatic heterocycles. The Kier molecular flexibility index (Phi) is 6.23. The van der Waals surface area contributed by atoms with E-state index in [0.717, 1.165) is 51.5 Å². The number of carbonyl (C=O) groups excluding carboxylic acids is 1. The molecule has 0 aromatic rings. The summed E-state index contributed by atoms with van der Waals surface area (Å²) in [6, 6.07) is 0. The van der Waals surface area contributed by atoms with Crippen LogP contribution >= 0.6 is 0 Å². The molecule has 0 saturated heterocycles. The van der Waals surface area contributed by atoms with Gasteiger partial charge in [-0.15, -0.1) is 0 Å². The molecule has 0 fully saturated rings. The van der Waals surface area contributed by atoms with E-state index < -0.39 is 0 Å². The molecule has 0 heterocycles. The van der Waals surface area contributed by atoms with Crippen LogP contribution in [0.5, 0.6) is 0 Å². The van der Waals surface area contributed by atoms with E-state index in [4.69, 9.17) is 4.74 Å². The summed E-state index contributed by atoms with van der Waals surface area (Å²) >= 11 is 0. The first-order chi connectivity index (χ1) is 8.63. The number of amides is 1. The Labute approximate surface area is 111 Å². The standard InChI is InChI=1S/C15H27NO2/c1-4-6-13-16(3)14(17)18-15(10-5-2)11-8-7-9-12-15/h7-8H,4-6,9-13H2,1-3H3. The maximum atomic E-state index is 12.1. The second-order valence-electron chi connectivity index (χ2n) is 5.29. The van der Waals surface area contributed by atoms with Crippen molar-refractivity contribution in [3.05, 3.63) is 12.2 Å². The van der Waals surface area contributed by atoms with E-state index in [1.54, 1.807) is 4.90 Å². The van der Waals surface area contributed by atoms with Crippen LogP contribution in [0.25, 0.3) is 0 Å². The van der Waals surface area contributed by atoms with Gasteiger partial charge in [-0.3, -0.25) is 0 Å². The van der Waals surface area contributed by atoms with Gasteiger partial charge in [-0.1, -0.05) is 38.8 Å². The number of rotatable bonds is 6. The summed E-state index contributed by atoms with van der Waals surface area (Å²) in [6.07, 6.45) is 11.2. The molecule has 3 nitrogen and oxygen atoms in total. The van der Waals surface area contributed by atoms with Gasteiger partial charge < -0.3 is 9.64 Å². The van der Waals surface area contributed by atoms with Crippen LogP contribution in [0.15, 0.2) is 12.2 Å². The quantitative estimate of drug-likeness (QED) is 0.666. The van der Waals surface area contributed by atoms with E-state index in [2.05, 4.69) is 26.0 Å². The fourth-order valence-corrected chi connectivity index (χ4v) is 2.44. The number of unbranched alkanes of at least 4 members (excludes halogenated alkanes) is 1. The van der Waals surface area contributed by atoms with Crippen LogP contribution in [0, 0.1) is 0 Å². The molecule has 0 spiro atoms. The summed E-state index contributed by atoms with van der Waals surface area (Å²) in [7, 11) is 1.83. The Morgan fingerprint density at radius 3 is 2.67 bits per heavy atom. The highest BCUT2D eigenvalue weighted by Gasteiger charge is 2.34. The number of hydrogen-bond donors (Lipinski definition) is 0. The van der Waals surface area contributed by atoms with Gasteiger partial charge in [0.2, 0.25) is 0 Å². The first-order valence-electron chi connectivity index (χ1n) is 7.22. The third kappa shape index (κ3) is 4.35. The summed E-state index contributed by atoms with van der Waals surface area (Å²) in [5, 5.41) is 0. The Balaban J connectivity index is 2.55. The number of allylic oxidation sites excluding steroid dienone is 1. The molecule has 104 valence electrons. The highest BCUT2D eigenvalue weighted by atomic mass is 16.6. The monoisotopic (exact) mass is 253 g/mol. The van der Waals surface area contributed by atoms with E-state index in [0.29, 0.717) is 0 Å². The Hall–Kier alpha value is -0.990. The van der Waals surface area contributed by atoms with Crippen molar-refractivity contribution in [3.8, 4) is 0 Å². The lowest BCUT2D eigenvalue weighted by molar-refractivity contribution is -0.0189. The van der Waals surface area contributed by atoms with Crippen LogP contribution in [0.4, 0.5) is 4.79 Å². The van der Waals surface area contributed by atoms with Gasteiger partial charge in [-0.05, 0) is 25.7 Å². The molecule has 1 aliphatic carbocycles. The number of nitrogens with zero attached hydrogens (tertiary/aromatic N) is 1. The van der Waals surface area contributed by atoms with Gasteiger partial charge in [0.25, 0.3) is 0 Å². The Morgan fingerprint density at radius 1 is 1.33 bits per heavy atom. The van der Waals surface area contributed by atoms with Crippen molar-refractivity contribution < 1.29 is 9.53 Å². The van der Waals surface area contributed by atoms with E-state index in [-0.39, 0.29) is 11.7 Å². The number of carbonyl (C=O) groups is 1. The largest absolute Gasteiger partial charge is 0.442 e. The fourth-order valence-electron chi connectivity index (χ4n) is 2.44. The Bertz CT molecular complexity index is 288. The minimum absolute atomic E-state index is 0.160. The van der Waals surface area contributed by atoms with Crippen molar-refractivity contribution in [1.29, 1.82) is 0 Å². The SMILES string of the molecule is CCCCN(C)C(=O)OC1(CCC)CC=CCC1. The summed E-state index contributed by atoms with van der Waals surface area (Å²) in [5.74, 6) is 0. The van der Waals surface area contributed by atoms with Crippen molar-refractivity contribution in [2.75, 3.05) is 13.6 Å². The third-order valence-corrected chi connectivity index (χ3v) is 3.59. The van der Waals surface area contributed by atoms with Gasteiger partial charge in [-0.25, -0.2) is 4.79 Å². The molecule has 0 N–H and O–H groups in total. The first kappa shape index (κ1) is 15.1. The van der Waals surface area contributed by atoms with E-state index >= 15 is 0 Å². The minimum Gasteiger partial charge on any atom is -0.442 e. The van der Waals surface area contributed by atoms with Gasteiger partial charge in [-0.2, -0.15) is 0 Å². The second kappa shape index (κ2) is 7.45. The van der Waals surface area contributed by atoms with E-state index in [1.807, 2.05) is 7.05 Å². The smallest absolute Gasteiger partial charge is 0.410 e. The van der Waals surface area contributed by atoms with Gasteiger partial charge in [0.15, 0.2) is 0 Å². The molecule has 3 heteroatoms. The lowest BCUT2D eigenvalue weighted by Crippen LogP contribution is -2.40. The molecule has 18 heavy (non-hydrogen) atoms. The molecule has 1 aliphatic rings. The average Bonchev–Trinajstić information content (AvgIpc) is 2.37. The molecule has 0 saturated carbocycles. The highest BCUT2D eigenvalue weighted by Crippen LogP contribution is 2.32. The van der Waals surface area contributed by atoms with Crippen LogP contribution in [-0.4, -0.2) is 30.2 Å². The molecule has 1 atom stereocenters. The molecule has 0 aromatic heterocycles. The molecule has 0 radical (unpaired) electrons. The summed E-state index contributed by atoms with van der Waals surface area (Å²) < 4.78 is 5.81. The molecule has 1 amide bonds. The zero-order valence-electron chi connectivity index (χ0n) is 12.1. The normalized spacial score (nSPS) is 22.8. The van der Waals surface area contributed by atoms with Crippen LogP contribution in [0.2, 0.25) is 0 Å². The number of ether oxygens (including phenoxy) is 1. The van der Waals surface area contributed by atoms with E-state index in [9.17, 15) is 4.79 Å². The summed E-state index contributed by atoms with van der Waals surface area (Å²) in [6.45, 7) is 5.06. The van der Waals surface area contributed by atoms with Crippen LogP contribution in [0.1, 0.15) is 58.8 Å². The lowest BCUT2D eigenvalue weighted by Gasteiger charge is -2.35. The highest BCUT2D eigenvalue weighted by molar-refractivity contribution is 5.67. The van der Waals surface area contributed by atoms with Crippen LogP contribution < -0.4 is 0 Å².